The Kier molecular flexibility index (Phi) is 4.43. The van der Waals surface area contributed by atoms with Crippen LogP contribution in [-0.4, -0.2) is 19.1 Å². The minimum Gasteiger partial charge on any atom is -0.285 e. The van der Waals surface area contributed by atoms with Gasteiger partial charge in [0.05, 0.1) is 11.2 Å². The van der Waals surface area contributed by atoms with Crippen molar-refractivity contribution in [2.24, 2.45) is 0 Å². The lowest BCUT2D eigenvalue weighted by Gasteiger charge is -2.22. The molecule has 0 aliphatic rings. The fraction of sp³-hybridized carbons (Fsp3) is 0.231. The van der Waals surface area contributed by atoms with Crippen molar-refractivity contribution in [1.29, 1.82) is 0 Å². The highest BCUT2D eigenvalue weighted by Crippen LogP contribution is 2.35. The van der Waals surface area contributed by atoms with Gasteiger partial charge in [0, 0.05) is 29.4 Å². The number of imidazole rings is 1. The van der Waals surface area contributed by atoms with Gasteiger partial charge in [-0.1, -0.05) is 64.1 Å². The predicted molar refractivity (Wildman–Crippen MR) is 124 cm³/mol. The van der Waals surface area contributed by atoms with E-state index in [4.69, 9.17) is 9.97 Å². The van der Waals surface area contributed by atoms with Crippen LogP contribution in [0.15, 0.2) is 73.2 Å². The SMILES string of the molecule is CC(C)c1cccc(C(C)C)c1-n1ccnc1-n1c2ccccc2c2cccnc21. The van der Waals surface area contributed by atoms with E-state index in [2.05, 4.69) is 91.6 Å². The zero-order chi connectivity index (χ0) is 20.8. The van der Waals surface area contributed by atoms with Crippen molar-refractivity contribution >= 4 is 21.9 Å². The van der Waals surface area contributed by atoms with Crippen molar-refractivity contribution in [3.05, 3.63) is 84.3 Å². The highest BCUT2D eigenvalue weighted by molar-refractivity contribution is 6.07. The van der Waals surface area contributed by atoms with Crippen LogP contribution in [0.5, 0.6) is 0 Å². The number of aromatic nitrogens is 4. The summed E-state index contributed by atoms with van der Waals surface area (Å²) in [6, 6.07) is 19.2. The molecular formula is C26H26N4. The molecule has 0 saturated heterocycles. The van der Waals surface area contributed by atoms with Crippen LogP contribution >= 0.6 is 0 Å². The topological polar surface area (TPSA) is 35.6 Å². The molecule has 3 heterocycles. The van der Waals surface area contributed by atoms with Crippen molar-refractivity contribution in [1.82, 2.24) is 19.1 Å². The third kappa shape index (κ3) is 2.75. The Hall–Kier alpha value is -3.40. The lowest BCUT2D eigenvalue weighted by Crippen LogP contribution is -2.11. The van der Waals surface area contributed by atoms with Crippen LogP contribution in [0, 0.1) is 0 Å². The van der Waals surface area contributed by atoms with E-state index in [0.717, 1.165) is 22.5 Å². The Morgan fingerprint density at radius 3 is 2.13 bits per heavy atom. The molecule has 0 N–H and O–H groups in total. The maximum absolute atomic E-state index is 4.82. The van der Waals surface area contributed by atoms with Gasteiger partial charge in [0.2, 0.25) is 5.95 Å². The summed E-state index contributed by atoms with van der Waals surface area (Å²) in [6.07, 6.45) is 5.82. The van der Waals surface area contributed by atoms with Crippen molar-refractivity contribution in [3.63, 3.8) is 0 Å². The first-order valence-electron chi connectivity index (χ1n) is 10.6. The average molecular weight is 395 g/mol. The van der Waals surface area contributed by atoms with Gasteiger partial charge < -0.3 is 0 Å². The van der Waals surface area contributed by atoms with E-state index in [-0.39, 0.29) is 0 Å². The molecule has 5 aromatic rings. The molecule has 0 bridgehead atoms. The highest BCUT2D eigenvalue weighted by Gasteiger charge is 2.21. The number of para-hydroxylation sites is 2. The molecular weight excluding hydrogens is 368 g/mol. The van der Waals surface area contributed by atoms with Crippen molar-refractivity contribution in [2.45, 2.75) is 39.5 Å². The Morgan fingerprint density at radius 2 is 1.40 bits per heavy atom. The van der Waals surface area contributed by atoms with Gasteiger partial charge in [-0.05, 0) is 41.2 Å². The molecule has 0 spiro atoms. The van der Waals surface area contributed by atoms with Crippen molar-refractivity contribution in [2.75, 3.05) is 0 Å². The molecule has 0 fully saturated rings. The van der Waals surface area contributed by atoms with Gasteiger partial charge in [-0.2, -0.15) is 0 Å². The van der Waals surface area contributed by atoms with Crippen LogP contribution in [-0.2, 0) is 0 Å². The number of pyridine rings is 1. The van der Waals surface area contributed by atoms with Crippen molar-refractivity contribution in [3.8, 4) is 11.6 Å². The van der Waals surface area contributed by atoms with Gasteiger partial charge in [-0.25, -0.2) is 9.97 Å². The van der Waals surface area contributed by atoms with Crippen molar-refractivity contribution < 1.29 is 0 Å². The summed E-state index contributed by atoms with van der Waals surface area (Å²) >= 11 is 0. The molecule has 0 aliphatic heterocycles. The number of rotatable bonds is 4. The molecule has 5 rings (SSSR count). The van der Waals surface area contributed by atoms with Gasteiger partial charge in [0.25, 0.3) is 0 Å². The van der Waals surface area contributed by atoms with E-state index < -0.39 is 0 Å². The second-order valence-corrected chi connectivity index (χ2v) is 8.42. The molecule has 30 heavy (non-hydrogen) atoms. The minimum absolute atomic E-state index is 0.408. The second kappa shape index (κ2) is 7.13. The van der Waals surface area contributed by atoms with Crippen LogP contribution in [0.3, 0.4) is 0 Å². The lowest BCUT2D eigenvalue weighted by atomic mass is 9.92. The van der Waals surface area contributed by atoms with Crippen LogP contribution < -0.4 is 0 Å². The van der Waals surface area contributed by atoms with E-state index in [1.165, 1.54) is 22.2 Å². The first-order chi connectivity index (χ1) is 14.6. The zero-order valence-electron chi connectivity index (χ0n) is 17.9. The van der Waals surface area contributed by atoms with Crippen LogP contribution in [0.1, 0.15) is 50.7 Å². The Balaban J connectivity index is 1.88. The third-order valence-electron chi connectivity index (χ3n) is 5.84. The standard InChI is InChI=1S/C26H26N4/c1-17(2)19-10-7-11-20(18(3)4)24(19)29-16-15-28-26(29)30-23-13-6-5-9-21(23)22-12-8-14-27-25(22)30/h5-18H,1-4H3. The van der Waals surface area contributed by atoms with Gasteiger partial charge in [0.15, 0.2) is 0 Å². The molecule has 4 nitrogen and oxygen atoms in total. The summed E-state index contributed by atoms with van der Waals surface area (Å²) in [6.45, 7) is 9.01. The normalized spacial score (nSPS) is 11.9. The fourth-order valence-corrected chi connectivity index (χ4v) is 4.42. The summed E-state index contributed by atoms with van der Waals surface area (Å²) in [5.74, 6) is 1.69. The Bertz CT molecular complexity index is 1270. The highest BCUT2D eigenvalue weighted by atomic mass is 15.3. The van der Waals surface area contributed by atoms with Crippen LogP contribution in [0.4, 0.5) is 0 Å². The largest absolute Gasteiger partial charge is 0.285 e. The molecule has 2 aromatic carbocycles. The molecule has 0 unspecified atom stereocenters. The van der Waals surface area contributed by atoms with E-state index >= 15 is 0 Å². The second-order valence-electron chi connectivity index (χ2n) is 8.42. The third-order valence-corrected chi connectivity index (χ3v) is 5.84. The predicted octanol–water partition coefficient (Wildman–Crippen LogP) is 6.61. The number of fused-ring (bicyclic) bond motifs is 3. The summed E-state index contributed by atoms with van der Waals surface area (Å²) < 4.78 is 4.43. The molecule has 3 aromatic heterocycles. The van der Waals surface area contributed by atoms with Crippen LogP contribution in [0.25, 0.3) is 33.6 Å². The Labute approximate surface area is 176 Å². The number of hydrogen-bond acceptors (Lipinski definition) is 2. The lowest BCUT2D eigenvalue weighted by molar-refractivity contribution is 0.795. The van der Waals surface area contributed by atoms with E-state index in [9.17, 15) is 0 Å². The molecule has 150 valence electrons. The molecule has 4 heteroatoms. The Morgan fingerprint density at radius 1 is 0.700 bits per heavy atom. The zero-order valence-corrected chi connectivity index (χ0v) is 17.9. The average Bonchev–Trinajstić information content (AvgIpc) is 3.35. The smallest absolute Gasteiger partial charge is 0.220 e. The van der Waals surface area contributed by atoms with E-state index in [1.54, 1.807) is 0 Å². The minimum atomic E-state index is 0.408. The van der Waals surface area contributed by atoms with Gasteiger partial charge in [0.1, 0.15) is 5.65 Å². The van der Waals surface area contributed by atoms with Gasteiger partial charge >= 0.3 is 0 Å². The fourth-order valence-electron chi connectivity index (χ4n) is 4.42. The monoisotopic (exact) mass is 394 g/mol. The van der Waals surface area contributed by atoms with Gasteiger partial charge in [-0.3, -0.25) is 9.13 Å². The van der Waals surface area contributed by atoms with E-state index in [0.29, 0.717) is 11.8 Å². The number of benzene rings is 2. The molecule has 0 radical (unpaired) electrons. The molecule has 0 atom stereocenters. The summed E-state index contributed by atoms with van der Waals surface area (Å²) in [4.78, 5) is 9.56. The number of nitrogens with zero attached hydrogens (tertiary/aromatic N) is 4. The summed E-state index contributed by atoms with van der Waals surface area (Å²) in [5.41, 5.74) is 5.94. The summed E-state index contributed by atoms with van der Waals surface area (Å²) in [7, 11) is 0. The molecule has 0 saturated carbocycles. The number of hydrogen-bond donors (Lipinski definition) is 0. The van der Waals surface area contributed by atoms with Gasteiger partial charge in [-0.15, -0.1) is 0 Å². The maximum Gasteiger partial charge on any atom is 0.220 e. The summed E-state index contributed by atoms with van der Waals surface area (Å²) in [5, 5.41) is 2.33. The molecule has 0 amide bonds. The molecule has 0 aliphatic carbocycles. The van der Waals surface area contributed by atoms with E-state index in [1.807, 2.05) is 18.5 Å². The first kappa shape index (κ1) is 18.6. The van der Waals surface area contributed by atoms with Crippen LogP contribution in [0.2, 0.25) is 0 Å². The maximum atomic E-state index is 4.82. The quantitative estimate of drug-likeness (QED) is 0.344. The first-order valence-corrected chi connectivity index (χ1v) is 10.6.